The molecule has 0 aliphatic carbocycles. The number of nitrogens with one attached hydrogen (secondary N) is 2. The predicted molar refractivity (Wildman–Crippen MR) is 65.0 cm³/mol. The Bertz CT molecular complexity index is 351. The predicted octanol–water partition coefficient (Wildman–Crippen LogP) is 1.10. The summed E-state index contributed by atoms with van der Waals surface area (Å²) in [6.45, 7) is 4.71. The van der Waals surface area contributed by atoms with Gasteiger partial charge in [0.2, 0.25) is 0 Å². The second-order valence-corrected chi connectivity index (χ2v) is 7.18. The lowest BCUT2D eigenvalue weighted by Crippen LogP contribution is -2.45. The van der Waals surface area contributed by atoms with E-state index in [0.717, 1.165) is 0 Å². The Labute approximate surface area is 97.6 Å². The van der Waals surface area contributed by atoms with E-state index in [1.807, 2.05) is 13.8 Å². The highest BCUT2D eigenvalue weighted by Gasteiger charge is 2.30. The van der Waals surface area contributed by atoms with Crippen LogP contribution >= 0.6 is 0 Å². The molecule has 2 unspecified atom stereocenters. The van der Waals surface area contributed by atoms with E-state index in [1.165, 1.54) is 0 Å². The summed E-state index contributed by atoms with van der Waals surface area (Å²) in [6, 6.07) is -0.173. The molecule has 0 bridgehead atoms. The molecule has 2 amide bonds. The molecule has 0 aromatic rings. The van der Waals surface area contributed by atoms with Crippen molar-refractivity contribution in [1.82, 2.24) is 10.2 Å². The van der Waals surface area contributed by atoms with Crippen molar-refractivity contribution in [3.8, 4) is 0 Å². The fourth-order valence-electron chi connectivity index (χ4n) is 1.69. The van der Waals surface area contributed by atoms with Crippen LogP contribution in [0.1, 0.15) is 20.3 Å². The minimum Gasteiger partial charge on any atom is -0.338 e. The summed E-state index contributed by atoms with van der Waals surface area (Å²) in [7, 11) is -0.717. The van der Waals surface area contributed by atoms with Crippen LogP contribution < -0.4 is 5.32 Å². The molecule has 6 heteroatoms. The van der Waals surface area contributed by atoms with Gasteiger partial charge in [-0.15, -0.1) is 0 Å². The van der Waals surface area contributed by atoms with Crippen molar-refractivity contribution < 1.29 is 9.00 Å². The van der Waals surface area contributed by atoms with Crippen LogP contribution in [0.25, 0.3) is 0 Å². The molecule has 0 aromatic heterocycles. The zero-order chi connectivity index (χ0) is 12.3. The van der Waals surface area contributed by atoms with Crippen molar-refractivity contribution in [2.75, 3.05) is 25.1 Å². The number of carbonyl (C=O) groups excluding carboxylic acids is 1. The van der Waals surface area contributed by atoms with Crippen LogP contribution in [0.15, 0.2) is 0 Å². The van der Waals surface area contributed by atoms with Crippen LogP contribution in [0, 0.1) is 10.7 Å². The average molecular weight is 247 g/mol. The third kappa shape index (κ3) is 3.66. The van der Waals surface area contributed by atoms with E-state index < -0.39 is 9.73 Å². The molecular weight excluding hydrogens is 226 g/mol. The molecule has 1 rings (SSSR count). The van der Waals surface area contributed by atoms with E-state index in [0.29, 0.717) is 30.4 Å². The van der Waals surface area contributed by atoms with E-state index in [9.17, 15) is 9.00 Å². The summed E-state index contributed by atoms with van der Waals surface area (Å²) < 4.78 is 19.0. The van der Waals surface area contributed by atoms with Crippen LogP contribution in [0.5, 0.6) is 0 Å². The highest BCUT2D eigenvalue weighted by molar-refractivity contribution is 7.92. The fraction of sp³-hybridized carbons (Fsp3) is 0.900. The number of carbonyl (C=O) groups is 1. The molecule has 1 aliphatic heterocycles. The van der Waals surface area contributed by atoms with Gasteiger partial charge in [0.25, 0.3) is 0 Å². The normalized spacial score (nSPS) is 29.4. The number of hydrogen-bond acceptors (Lipinski definition) is 3. The van der Waals surface area contributed by atoms with Crippen LogP contribution in [0.2, 0.25) is 0 Å². The van der Waals surface area contributed by atoms with Crippen molar-refractivity contribution in [3.63, 3.8) is 0 Å². The maximum atomic E-state index is 11.7. The third-order valence-corrected chi connectivity index (χ3v) is 4.59. The third-order valence-electron chi connectivity index (χ3n) is 2.77. The van der Waals surface area contributed by atoms with Crippen molar-refractivity contribution in [2.45, 2.75) is 26.3 Å². The van der Waals surface area contributed by atoms with Crippen LogP contribution in [-0.2, 0) is 9.73 Å². The van der Waals surface area contributed by atoms with Gasteiger partial charge in [-0.25, -0.2) is 9.00 Å². The van der Waals surface area contributed by atoms with Gasteiger partial charge >= 0.3 is 6.03 Å². The molecule has 1 aliphatic rings. The van der Waals surface area contributed by atoms with E-state index in [2.05, 4.69) is 5.32 Å². The van der Waals surface area contributed by atoms with Crippen LogP contribution in [-0.4, -0.2) is 46.3 Å². The largest absolute Gasteiger partial charge is 0.338 e. The molecule has 0 radical (unpaired) electrons. The smallest absolute Gasteiger partial charge is 0.317 e. The number of hydrogen-bond donors (Lipinski definition) is 2. The topological polar surface area (TPSA) is 73.3 Å². The number of amides is 2. The molecule has 0 saturated carbocycles. The zero-order valence-electron chi connectivity index (χ0n) is 10.2. The highest BCUT2D eigenvalue weighted by atomic mass is 32.2. The Kier molecular flexibility index (Phi) is 4.18. The fourth-order valence-corrected chi connectivity index (χ4v) is 3.52. The Hall–Kier alpha value is -0.780. The van der Waals surface area contributed by atoms with Gasteiger partial charge in [-0.3, -0.25) is 4.78 Å². The van der Waals surface area contributed by atoms with Gasteiger partial charge in [-0.05, 0) is 12.3 Å². The Balaban J connectivity index is 2.46. The van der Waals surface area contributed by atoms with Crippen molar-refractivity contribution in [2.24, 2.45) is 5.92 Å². The summed E-state index contributed by atoms with van der Waals surface area (Å²) in [4.78, 5) is 13.3. The minimum atomic E-state index is -2.43. The lowest BCUT2D eigenvalue weighted by atomic mass is 10.2. The molecule has 2 atom stereocenters. The van der Waals surface area contributed by atoms with Gasteiger partial charge in [0, 0.05) is 35.1 Å². The first-order valence-electron chi connectivity index (χ1n) is 5.56. The van der Waals surface area contributed by atoms with Gasteiger partial charge in [0.05, 0.1) is 5.75 Å². The molecular formula is C10H21N3O2S. The van der Waals surface area contributed by atoms with E-state index in [4.69, 9.17) is 4.78 Å². The molecule has 94 valence electrons. The first kappa shape index (κ1) is 13.3. The maximum absolute atomic E-state index is 11.7. The maximum Gasteiger partial charge on any atom is 0.317 e. The molecule has 0 spiro atoms. The van der Waals surface area contributed by atoms with Gasteiger partial charge in [-0.1, -0.05) is 13.8 Å². The summed E-state index contributed by atoms with van der Waals surface area (Å²) in [6.07, 6.45) is 0.675. The van der Waals surface area contributed by atoms with Gasteiger partial charge in [0.1, 0.15) is 0 Å². The van der Waals surface area contributed by atoms with Gasteiger partial charge in [-0.2, -0.15) is 0 Å². The minimum absolute atomic E-state index is 0.0443. The monoisotopic (exact) mass is 247 g/mol. The highest BCUT2D eigenvalue weighted by Crippen LogP contribution is 2.17. The van der Waals surface area contributed by atoms with Crippen molar-refractivity contribution >= 4 is 15.8 Å². The molecule has 2 N–H and O–H groups in total. The Morgan fingerprint density at radius 1 is 1.62 bits per heavy atom. The van der Waals surface area contributed by atoms with E-state index in [-0.39, 0.29) is 12.1 Å². The summed E-state index contributed by atoms with van der Waals surface area (Å²) in [5.74, 6) is 1.15. The van der Waals surface area contributed by atoms with E-state index in [1.54, 1.807) is 11.9 Å². The molecule has 0 aromatic carbocycles. The van der Waals surface area contributed by atoms with Crippen LogP contribution in [0.4, 0.5) is 4.79 Å². The first-order chi connectivity index (χ1) is 7.32. The summed E-state index contributed by atoms with van der Waals surface area (Å²) >= 11 is 0. The molecule has 16 heavy (non-hydrogen) atoms. The Morgan fingerprint density at radius 2 is 2.25 bits per heavy atom. The molecule has 1 heterocycles. The zero-order valence-corrected chi connectivity index (χ0v) is 11.0. The number of nitrogens with zero attached hydrogens (tertiary/aromatic N) is 1. The molecule has 1 fully saturated rings. The van der Waals surface area contributed by atoms with Gasteiger partial charge < -0.3 is 10.2 Å². The second kappa shape index (κ2) is 5.03. The first-order valence-corrected chi connectivity index (χ1v) is 7.46. The molecule has 1 saturated heterocycles. The number of rotatable bonds is 3. The average Bonchev–Trinajstić information content (AvgIpc) is 2.54. The Morgan fingerprint density at radius 3 is 2.69 bits per heavy atom. The summed E-state index contributed by atoms with van der Waals surface area (Å²) in [5.41, 5.74) is 0. The number of urea groups is 1. The summed E-state index contributed by atoms with van der Waals surface area (Å²) in [5, 5.41) is 2.82. The second-order valence-electron chi connectivity index (χ2n) is 4.82. The van der Waals surface area contributed by atoms with Gasteiger partial charge in [0.15, 0.2) is 0 Å². The van der Waals surface area contributed by atoms with Crippen LogP contribution in [0.3, 0.4) is 0 Å². The molecule has 5 nitrogen and oxygen atoms in total. The standard InChI is InChI=1S/C10H21N3O2S/c1-8(2)6-12-10(14)13(3)9-4-5-16(11,15)7-9/h8-9,11H,4-7H2,1-3H3,(H,12,14). The quantitative estimate of drug-likeness (QED) is 0.784. The lowest BCUT2D eigenvalue weighted by molar-refractivity contribution is 0.194. The van der Waals surface area contributed by atoms with Crippen molar-refractivity contribution in [1.29, 1.82) is 4.78 Å². The van der Waals surface area contributed by atoms with Crippen molar-refractivity contribution in [3.05, 3.63) is 0 Å². The van der Waals surface area contributed by atoms with E-state index >= 15 is 0 Å². The SMILES string of the molecule is CC(C)CNC(=O)N(C)C1CCS(=N)(=O)C1. The lowest BCUT2D eigenvalue weighted by Gasteiger charge is -2.24.